The van der Waals surface area contributed by atoms with Gasteiger partial charge in [-0.3, -0.25) is 15.0 Å². The first kappa shape index (κ1) is 21.1. The van der Waals surface area contributed by atoms with Crippen molar-refractivity contribution in [2.75, 3.05) is 5.32 Å². The number of anilines is 1. The molecule has 0 aliphatic heterocycles. The Hall–Kier alpha value is -4.19. The fraction of sp³-hybridized carbons (Fsp3) is 0.0769. The number of aromatic nitrogens is 3. The van der Waals surface area contributed by atoms with Crippen molar-refractivity contribution < 1.29 is 4.39 Å². The highest BCUT2D eigenvalue weighted by Gasteiger charge is 2.12. The van der Waals surface area contributed by atoms with Crippen LogP contribution in [0.3, 0.4) is 0 Å². The normalized spacial score (nSPS) is 10.6. The molecule has 158 valence electrons. The van der Waals surface area contributed by atoms with Gasteiger partial charge in [0, 0.05) is 47.5 Å². The van der Waals surface area contributed by atoms with Crippen LogP contribution in [0, 0.1) is 12.7 Å². The summed E-state index contributed by atoms with van der Waals surface area (Å²) in [5.74, 6) is -0.235. The minimum Gasteiger partial charge on any atom is -0.363 e. The van der Waals surface area contributed by atoms with Gasteiger partial charge in [0.05, 0.1) is 11.4 Å². The van der Waals surface area contributed by atoms with Crippen molar-refractivity contribution in [1.82, 2.24) is 15.0 Å². The van der Waals surface area contributed by atoms with Crippen LogP contribution in [0.5, 0.6) is 0 Å². The van der Waals surface area contributed by atoms with Crippen molar-refractivity contribution in [2.45, 2.75) is 13.5 Å². The molecule has 3 heterocycles. The summed E-state index contributed by atoms with van der Waals surface area (Å²) >= 11 is 0. The molecule has 32 heavy (non-hydrogen) atoms. The molecule has 0 fully saturated rings. The van der Waals surface area contributed by atoms with Gasteiger partial charge in [0.15, 0.2) is 11.6 Å². The first-order valence-corrected chi connectivity index (χ1v) is 10.1. The van der Waals surface area contributed by atoms with E-state index in [2.05, 4.69) is 38.6 Å². The Morgan fingerprint density at radius 3 is 2.56 bits per heavy atom. The van der Waals surface area contributed by atoms with Gasteiger partial charge in [-0.15, -0.1) is 0 Å². The predicted molar refractivity (Wildman–Crippen MR) is 128 cm³/mol. The number of nitrogens with one attached hydrogen (secondary N) is 1. The fourth-order valence-corrected chi connectivity index (χ4v) is 3.41. The molecule has 0 saturated carbocycles. The molecule has 0 aliphatic carbocycles. The predicted octanol–water partition coefficient (Wildman–Crippen LogP) is 6.24. The SMILES string of the molecule is C=Cc1cc(-c2ccnc(NCc3ccc(-c4ccnc(C)c4)nc3)c2F)ccc1N=C. The van der Waals surface area contributed by atoms with Crippen molar-refractivity contribution in [3.63, 3.8) is 0 Å². The molecular weight excluding hydrogens is 401 g/mol. The Morgan fingerprint density at radius 2 is 1.84 bits per heavy atom. The first-order chi connectivity index (χ1) is 15.6. The van der Waals surface area contributed by atoms with Crippen LogP contribution >= 0.6 is 0 Å². The molecule has 1 aromatic carbocycles. The van der Waals surface area contributed by atoms with Crippen LogP contribution in [-0.2, 0) is 6.54 Å². The summed E-state index contributed by atoms with van der Waals surface area (Å²) in [4.78, 5) is 16.9. The lowest BCUT2D eigenvalue weighted by Gasteiger charge is -2.11. The Bertz CT molecular complexity index is 1280. The van der Waals surface area contributed by atoms with E-state index >= 15 is 4.39 Å². The van der Waals surface area contributed by atoms with Gasteiger partial charge in [-0.2, -0.15) is 0 Å². The Morgan fingerprint density at radius 1 is 1.00 bits per heavy atom. The molecule has 5 nitrogen and oxygen atoms in total. The number of halogens is 1. The second-order valence-electron chi connectivity index (χ2n) is 7.25. The van der Waals surface area contributed by atoms with E-state index in [4.69, 9.17) is 0 Å². The van der Waals surface area contributed by atoms with E-state index < -0.39 is 5.82 Å². The lowest BCUT2D eigenvalue weighted by Crippen LogP contribution is -2.05. The van der Waals surface area contributed by atoms with Crippen LogP contribution < -0.4 is 5.32 Å². The van der Waals surface area contributed by atoms with Crippen LogP contribution in [0.2, 0.25) is 0 Å². The molecule has 0 unspecified atom stereocenters. The summed E-state index contributed by atoms with van der Waals surface area (Å²) in [7, 11) is 0. The molecule has 3 aromatic heterocycles. The fourth-order valence-electron chi connectivity index (χ4n) is 3.41. The van der Waals surface area contributed by atoms with Gasteiger partial charge >= 0.3 is 0 Å². The van der Waals surface area contributed by atoms with Crippen molar-refractivity contribution in [2.24, 2.45) is 4.99 Å². The zero-order valence-corrected chi connectivity index (χ0v) is 17.7. The Kier molecular flexibility index (Phi) is 6.12. The molecule has 0 bridgehead atoms. The topological polar surface area (TPSA) is 63.1 Å². The van der Waals surface area contributed by atoms with Gasteiger partial charge < -0.3 is 5.32 Å². The average Bonchev–Trinajstić information content (AvgIpc) is 2.83. The van der Waals surface area contributed by atoms with Gasteiger partial charge in [0.25, 0.3) is 0 Å². The van der Waals surface area contributed by atoms with Crippen LogP contribution in [0.4, 0.5) is 15.9 Å². The number of pyridine rings is 3. The van der Waals surface area contributed by atoms with E-state index in [1.54, 1.807) is 36.8 Å². The first-order valence-electron chi connectivity index (χ1n) is 10.1. The minimum atomic E-state index is -0.418. The zero-order chi connectivity index (χ0) is 22.5. The number of benzene rings is 1. The molecule has 1 N–H and O–H groups in total. The van der Waals surface area contributed by atoms with Gasteiger partial charge in [-0.25, -0.2) is 9.37 Å². The minimum absolute atomic E-state index is 0.183. The molecule has 6 heteroatoms. The number of nitrogens with zero attached hydrogens (tertiary/aromatic N) is 4. The maximum atomic E-state index is 15.2. The quantitative estimate of drug-likeness (QED) is 0.357. The molecule has 0 amide bonds. The Labute approximate surface area is 186 Å². The highest BCUT2D eigenvalue weighted by molar-refractivity contribution is 5.75. The monoisotopic (exact) mass is 423 g/mol. The third-order valence-corrected chi connectivity index (χ3v) is 5.10. The summed E-state index contributed by atoms with van der Waals surface area (Å²) in [5.41, 5.74) is 6.38. The van der Waals surface area contributed by atoms with E-state index in [1.807, 2.05) is 43.3 Å². The van der Waals surface area contributed by atoms with Crippen molar-refractivity contribution >= 4 is 24.3 Å². The zero-order valence-electron chi connectivity index (χ0n) is 17.7. The lowest BCUT2D eigenvalue weighted by atomic mass is 10.0. The molecule has 4 rings (SSSR count). The number of aliphatic imine (C=N–C) groups is 1. The van der Waals surface area contributed by atoms with Gasteiger partial charge in [-0.1, -0.05) is 24.8 Å². The van der Waals surface area contributed by atoms with E-state index in [1.165, 1.54) is 0 Å². The smallest absolute Gasteiger partial charge is 0.173 e. The maximum absolute atomic E-state index is 15.2. The van der Waals surface area contributed by atoms with Crippen molar-refractivity contribution in [3.8, 4) is 22.4 Å². The van der Waals surface area contributed by atoms with E-state index in [0.717, 1.165) is 28.1 Å². The van der Waals surface area contributed by atoms with Crippen molar-refractivity contribution in [1.29, 1.82) is 0 Å². The van der Waals surface area contributed by atoms with E-state index in [0.29, 0.717) is 23.4 Å². The molecule has 0 saturated heterocycles. The van der Waals surface area contributed by atoms with Gasteiger partial charge in [-0.05, 0) is 61.2 Å². The number of aryl methyl sites for hydroxylation is 1. The summed E-state index contributed by atoms with van der Waals surface area (Å²) in [5, 5.41) is 3.07. The molecule has 0 spiro atoms. The summed E-state index contributed by atoms with van der Waals surface area (Å²) in [6, 6.07) is 14.9. The number of hydrogen-bond acceptors (Lipinski definition) is 5. The van der Waals surface area contributed by atoms with Crippen LogP contribution in [-0.4, -0.2) is 21.7 Å². The Balaban J connectivity index is 1.52. The summed E-state index contributed by atoms with van der Waals surface area (Å²) < 4.78 is 15.2. The third-order valence-electron chi connectivity index (χ3n) is 5.10. The molecule has 0 aliphatic rings. The van der Waals surface area contributed by atoms with E-state index in [9.17, 15) is 0 Å². The summed E-state index contributed by atoms with van der Waals surface area (Å²) in [6.07, 6.45) is 6.80. The summed E-state index contributed by atoms with van der Waals surface area (Å²) in [6.45, 7) is 9.69. The number of rotatable bonds is 7. The van der Waals surface area contributed by atoms with Crippen LogP contribution in [0.1, 0.15) is 16.8 Å². The van der Waals surface area contributed by atoms with Crippen LogP contribution in [0.15, 0.2) is 78.7 Å². The largest absolute Gasteiger partial charge is 0.363 e. The second-order valence-corrected chi connectivity index (χ2v) is 7.25. The molecular formula is C26H22FN5. The average molecular weight is 423 g/mol. The van der Waals surface area contributed by atoms with Gasteiger partial charge in [0.2, 0.25) is 0 Å². The van der Waals surface area contributed by atoms with Crippen molar-refractivity contribution in [3.05, 3.63) is 96.3 Å². The van der Waals surface area contributed by atoms with Gasteiger partial charge in [0.1, 0.15) is 0 Å². The third kappa shape index (κ3) is 4.44. The number of hydrogen-bond donors (Lipinski definition) is 1. The maximum Gasteiger partial charge on any atom is 0.173 e. The van der Waals surface area contributed by atoms with Crippen LogP contribution in [0.25, 0.3) is 28.5 Å². The highest BCUT2D eigenvalue weighted by Crippen LogP contribution is 2.31. The molecule has 0 atom stereocenters. The second kappa shape index (κ2) is 9.31. The standard InChI is InChI=1S/C26H22FN5/c1-4-19-14-20(6-8-23(19)28-3)22-10-12-30-26(25(22)27)32-16-18-5-7-24(31-15-18)21-9-11-29-17(2)13-21/h4-15H,1,3,16H2,2H3,(H,30,32). The van der Waals surface area contributed by atoms with E-state index in [-0.39, 0.29) is 5.82 Å². The molecule has 4 aromatic rings. The highest BCUT2D eigenvalue weighted by atomic mass is 19.1. The lowest BCUT2D eigenvalue weighted by molar-refractivity contribution is 0.628. The molecule has 0 radical (unpaired) electrons.